The summed E-state index contributed by atoms with van der Waals surface area (Å²) in [5.74, 6) is -0.949. The second-order valence-corrected chi connectivity index (χ2v) is 5.08. The second kappa shape index (κ2) is 5.81. The van der Waals surface area contributed by atoms with E-state index in [1.165, 1.54) is 0 Å². The zero-order valence-corrected chi connectivity index (χ0v) is 11.5. The Bertz CT molecular complexity index is 554. The normalized spacial score (nSPS) is 18.9. The molecule has 1 aliphatic rings. The highest BCUT2D eigenvalue weighted by atomic mass is 16.2. The molecule has 0 saturated carbocycles. The summed E-state index contributed by atoms with van der Waals surface area (Å²) in [6, 6.07) is 4.55. The van der Waals surface area contributed by atoms with E-state index in [0.717, 1.165) is 5.69 Å². The number of hydrogen-bond donors (Lipinski definition) is 2. The van der Waals surface area contributed by atoms with Gasteiger partial charge < -0.3 is 5.32 Å². The van der Waals surface area contributed by atoms with Crippen LogP contribution in [0.15, 0.2) is 18.2 Å². The molecule has 2 rings (SSSR count). The third-order valence-corrected chi connectivity index (χ3v) is 3.14. The molecule has 1 aliphatic heterocycles. The molecule has 20 heavy (non-hydrogen) atoms. The van der Waals surface area contributed by atoms with Crippen LogP contribution in [0.1, 0.15) is 48.8 Å². The number of carbonyl (C=O) groups excluding carboxylic acids is 3. The van der Waals surface area contributed by atoms with Gasteiger partial charge in [0.2, 0.25) is 11.8 Å². The largest absolute Gasteiger partial charge is 0.339 e. The van der Waals surface area contributed by atoms with Crippen molar-refractivity contribution in [3.63, 3.8) is 0 Å². The van der Waals surface area contributed by atoms with Crippen molar-refractivity contribution in [2.75, 3.05) is 0 Å². The summed E-state index contributed by atoms with van der Waals surface area (Å²) in [5.41, 5.74) is 1.10. The van der Waals surface area contributed by atoms with E-state index in [9.17, 15) is 14.4 Å². The Morgan fingerprint density at radius 2 is 2.15 bits per heavy atom. The highest BCUT2D eigenvalue weighted by Gasteiger charge is 2.28. The van der Waals surface area contributed by atoms with Gasteiger partial charge in [-0.2, -0.15) is 0 Å². The van der Waals surface area contributed by atoms with Gasteiger partial charge in [-0.25, -0.2) is 4.98 Å². The van der Waals surface area contributed by atoms with Gasteiger partial charge in [0.15, 0.2) is 0 Å². The maximum atomic E-state index is 12.1. The molecule has 0 bridgehead atoms. The molecular weight excluding hydrogens is 258 g/mol. The molecule has 1 aromatic rings. The van der Waals surface area contributed by atoms with Crippen LogP contribution < -0.4 is 10.6 Å². The fourth-order valence-corrected chi connectivity index (χ4v) is 1.96. The molecule has 1 saturated heterocycles. The number of nitrogens with zero attached hydrogens (tertiary/aromatic N) is 1. The van der Waals surface area contributed by atoms with Gasteiger partial charge in [0.25, 0.3) is 5.91 Å². The minimum absolute atomic E-state index is 0.221. The van der Waals surface area contributed by atoms with Gasteiger partial charge in [0.1, 0.15) is 11.7 Å². The highest BCUT2D eigenvalue weighted by molar-refractivity contribution is 6.03. The van der Waals surface area contributed by atoms with Gasteiger partial charge in [-0.15, -0.1) is 0 Å². The van der Waals surface area contributed by atoms with E-state index < -0.39 is 17.9 Å². The number of imide groups is 1. The lowest BCUT2D eigenvalue weighted by molar-refractivity contribution is -0.134. The molecule has 3 amide bonds. The van der Waals surface area contributed by atoms with Crippen LogP contribution in [0.2, 0.25) is 0 Å². The van der Waals surface area contributed by atoms with Crippen LogP contribution in [0.5, 0.6) is 0 Å². The molecule has 6 heteroatoms. The SMILES string of the molecule is CC(C)c1cccc(C(=O)NC2CCC(=O)NC2=O)n1. The van der Waals surface area contributed by atoms with E-state index in [-0.39, 0.29) is 23.9 Å². The smallest absolute Gasteiger partial charge is 0.270 e. The third-order valence-electron chi connectivity index (χ3n) is 3.14. The third kappa shape index (κ3) is 3.20. The lowest BCUT2D eigenvalue weighted by Crippen LogP contribution is -2.52. The number of aromatic nitrogens is 1. The Hall–Kier alpha value is -2.24. The van der Waals surface area contributed by atoms with Crippen molar-refractivity contribution in [3.05, 3.63) is 29.6 Å². The van der Waals surface area contributed by atoms with Crippen molar-refractivity contribution in [2.24, 2.45) is 0 Å². The van der Waals surface area contributed by atoms with E-state index in [2.05, 4.69) is 15.6 Å². The van der Waals surface area contributed by atoms with Crippen LogP contribution in [-0.4, -0.2) is 28.7 Å². The van der Waals surface area contributed by atoms with Crippen LogP contribution in [0, 0.1) is 0 Å². The summed E-state index contributed by atoms with van der Waals surface area (Å²) in [6.07, 6.45) is 0.552. The molecule has 0 aliphatic carbocycles. The van der Waals surface area contributed by atoms with E-state index in [0.29, 0.717) is 6.42 Å². The Morgan fingerprint density at radius 1 is 1.40 bits per heavy atom. The monoisotopic (exact) mass is 275 g/mol. The van der Waals surface area contributed by atoms with Crippen molar-refractivity contribution in [3.8, 4) is 0 Å². The summed E-state index contributed by atoms with van der Waals surface area (Å²) < 4.78 is 0. The Balaban J connectivity index is 2.06. The number of nitrogens with one attached hydrogen (secondary N) is 2. The van der Waals surface area contributed by atoms with Crippen molar-refractivity contribution >= 4 is 17.7 Å². The Kier molecular flexibility index (Phi) is 4.12. The topological polar surface area (TPSA) is 88.2 Å². The number of piperidine rings is 1. The quantitative estimate of drug-likeness (QED) is 0.796. The van der Waals surface area contributed by atoms with Crippen molar-refractivity contribution < 1.29 is 14.4 Å². The Labute approximate surface area is 117 Å². The lowest BCUT2D eigenvalue weighted by atomic mass is 10.1. The first kappa shape index (κ1) is 14.2. The van der Waals surface area contributed by atoms with Gasteiger partial charge >= 0.3 is 0 Å². The van der Waals surface area contributed by atoms with E-state index >= 15 is 0 Å². The molecular formula is C14H17N3O3. The first-order valence-corrected chi connectivity index (χ1v) is 6.59. The second-order valence-electron chi connectivity index (χ2n) is 5.08. The zero-order chi connectivity index (χ0) is 14.7. The van der Waals surface area contributed by atoms with Crippen LogP contribution >= 0.6 is 0 Å². The maximum Gasteiger partial charge on any atom is 0.270 e. The molecule has 0 aromatic carbocycles. The average molecular weight is 275 g/mol. The van der Waals surface area contributed by atoms with Crippen LogP contribution in [-0.2, 0) is 9.59 Å². The van der Waals surface area contributed by atoms with Crippen molar-refractivity contribution in [1.29, 1.82) is 0 Å². The maximum absolute atomic E-state index is 12.1. The summed E-state index contributed by atoms with van der Waals surface area (Å²) in [6.45, 7) is 3.98. The predicted octanol–water partition coefficient (Wildman–Crippen LogP) is 0.740. The molecule has 1 fully saturated rings. The molecule has 0 spiro atoms. The minimum atomic E-state index is -0.676. The lowest BCUT2D eigenvalue weighted by Gasteiger charge is -2.21. The van der Waals surface area contributed by atoms with Crippen LogP contribution in [0.3, 0.4) is 0 Å². The molecule has 6 nitrogen and oxygen atoms in total. The van der Waals surface area contributed by atoms with Gasteiger partial charge in [-0.1, -0.05) is 19.9 Å². The average Bonchev–Trinajstić information content (AvgIpc) is 2.42. The molecule has 106 valence electrons. The predicted molar refractivity (Wildman–Crippen MR) is 72.0 cm³/mol. The van der Waals surface area contributed by atoms with E-state index in [1.54, 1.807) is 12.1 Å². The number of amides is 3. The molecule has 1 atom stereocenters. The molecule has 1 unspecified atom stereocenters. The standard InChI is InChI=1S/C14H17N3O3/c1-8(2)9-4-3-5-10(15-9)13(19)16-11-6-7-12(18)17-14(11)20/h3-5,8,11H,6-7H2,1-2H3,(H,16,19)(H,17,18,20). The number of rotatable bonds is 3. The fraction of sp³-hybridized carbons (Fsp3) is 0.429. The fourth-order valence-electron chi connectivity index (χ4n) is 1.96. The highest BCUT2D eigenvalue weighted by Crippen LogP contribution is 2.12. The van der Waals surface area contributed by atoms with Crippen molar-refractivity contribution in [1.82, 2.24) is 15.6 Å². The summed E-state index contributed by atoms with van der Waals surface area (Å²) >= 11 is 0. The molecule has 2 N–H and O–H groups in total. The number of hydrogen-bond acceptors (Lipinski definition) is 4. The van der Waals surface area contributed by atoms with Gasteiger partial charge in [-0.05, 0) is 24.5 Å². The van der Waals surface area contributed by atoms with Gasteiger partial charge in [-0.3, -0.25) is 19.7 Å². The van der Waals surface area contributed by atoms with Crippen LogP contribution in [0.4, 0.5) is 0 Å². The van der Waals surface area contributed by atoms with Gasteiger partial charge in [0.05, 0.1) is 0 Å². The number of pyridine rings is 1. The first-order valence-electron chi connectivity index (χ1n) is 6.59. The van der Waals surface area contributed by atoms with E-state index in [4.69, 9.17) is 0 Å². The summed E-state index contributed by atoms with van der Waals surface area (Å²) in [4.78, 5) is 39.0. The molecule has 1 aromatic heterocycles. The Morgan fingerprint density at radius 3 is 2.80 bits per heavy atom. The summed E-state index contributed by atoms with van der Waals surface area (Å²) in [5, 5.41) is 4.81. The van der Waals surface area contributed by atoms with Crippen LogP contribution in [0.25, 0.3) is 0 Å². The van der Waals surface area contributed by atoms with E-state index in [1.807, 2.05) is 19.9 Å². The molecule has 0 radical (unpaired) electrons. The first-order chi connectivity index (χ1) is 9.47. The number of carbonyl (C=O) groups is 3. The minimum Gasteiger partial charge on any atom is -0.339 e. The van der Waals surface area contributed by atoms with Crippen molar-refractivity contribution in [2.45, 2.75) is 38.6 Å². The zero-order valence-electron chi connectivity index (χ0n) is 11.5. The van der Waals surface area contributed by atoms with Gasteiger partial charge in [0, 0.05) is 12.1 Å². The molecule has 2 heterocycles. The summed E-state index contributed by atoms with van der Waals surface area (Å²) in [7, 11) is 0.